The van der Waals surface area contributed by atoms with Crippen LogP contribution in [-0.2, 0) is 14.9 Å². The highest BCUT2D eigenvalue weighted by Crippen LogP contribution is 2.40. The minimum absolute atomic E-state index is 0.161. The maximum atomic E-state index is 12.0. The lowest BCUT2D eigenvalue weighted by Gasteiger charge is -2.39. The molecule has 0 bridgehead atoms. The van der Waals surface area contributed by atoms with Gasteiger partial charge in [-0.25, -0.2) is 0 Å². The van der Waals surface area contributed by atoms with E-state index in [4.69, 9.17) is 21.1 Å². The summed E-state index contributed by atoms with van der Waals surface area (Å²) in [6, 6.07) is 6.00. The van der Waals surface area contributed by atoms with Crippen molar-refractivity contribution >= 4 is 23.5 Å². The standard InChI is InChI=1S/C22H33ClN4O3/c1-4-20(28)27-10-7-17(14-27)26-21(24-2)25-15-22(8-11-30-12-9-22)18-13-16(23)5-6-19(18)29-3/h5-6,13,17H,4,7-12,14-15H2,1-3H3,(H2,24,25,26). The number of guanidine groups is 1. The van der Waals surface area contributed by atoms with Gasteiger partial charge in [0.25, 0.3) is 0 Å². The molecular weight excluding hydrogens is 404 g/mol. The van der Waals surface area contributed by atoms with Gasteiger partial charge in [-0.05, 0) is 37.5 Å². The average molecular weight is 437 g/mol. The molecule has 2 heterocycles. The summed E-state index contributed by atoms with van der Waals surface area (Å²) in [5, 5.41) is 7.69. The SMILES string of the molecule is CCC(=O)N1CCC(NC(=NC)NCC2(c3cc(Cl)ccc3OC)CCOCC2)C1. The Balaban J connectivity index is 1.70. The molecule has 3 rings (SSSR count). The van der Waals surface area contributed by atoms with E-state index in [1.54, 1.807) is 14.2 Å². The number of nitrogens with zero attached hydrogens (tertiary/aromatic N) is 2. The zero-order valence-electron chi connectivity index (χ0n) is 18.2. The van der Waals surface area contributed by atoms with E-state index in [1.807, 2.05) is 30.0 Å². The van der Waals surface area contributed by atoms with Gasteiger partial charge in [0.05, 0.1) is 7.11 Å². The molecule has 0 saturated carbocycles. The predicted molar refractivity (Wildman–Crippen MR) is 120 cm³/mol. The summed E-state index contributed by atoms with van der Waals surface area (Å²) in [4.78, 5) is 18.3. The first-order valence-corrected chi connectivity index (χ1v) is 11.1. The molecule has 1 aromatic rings. The number of rotatable bonds is 6. The van der Waals surface area contributed by atoms with E-state index in [1.165, 1.54) is 0 Å². The van der Waals surface area contributed by atoms with Gasteiger partial charge in [-0.2, -0.15) is 0 Å². The highest BCUT2D eigenvalue weighted by molar-refractivity contribution is 6.30. The number of benzene rings is 1. The number of methoxy groups -OCH3 is 1. The van der Waals surface area contributed by atoms with E-state index in [0.717, 1.165) is 43.1 Å². The van der Waals surface area contributed by atoms with Gasteiger partial charge < -0.3 is 25.0 Å². The second-order valence-electron chi connectivity index (χ2n) is 7.99. The fraction of sp³-hybridized carbons (Fsp3) is 0.636. The molecule has 0 aromatic heterocycles. The van der Waals surface area contributed by atoms with Gasteiger partial charge in [0.15, 0.2) is 5.96 Å². The molecule has 7 nitrogen and oxygen atoms in total. The Morgan fingerprint density at radius 3 is 2.83 bits per heavy atom. The van der Waals surface area contributed by atoms with Crippen LogP contribution in [0.2, 0.25) is 5.02 Å². The number of likely N-dealkylation sites (tertiary alicyclic amines) is 1. The van der Waals surface area contributed by atoms with Crippen LogP contribution in [-0.4, -0.2) is 69.8 Å². The number of ether oxygens (including phenoxy) is 2. The third-order valence-corrected chi connectivity index (χ3v) is 6.42. The summed E-state index contributed by atoms with van der Waals surface area (Å²) in [7, 11) is 3.47. The third-order valence-electron chi connectivity index (χ3n) is 6.18. The van der Waals surface area contributed by atoms with Crippen LogP contribution >= 0.6 is 11.6 Å². The van der Waals surface area contributed by atoms with E-state index in [2.05, 4.69) is 15.6 Å². The van der Waals surface area contributed by atoms with Crippen molar-refractivity contribution in [3.8, 4) is 5.75 Å². The molecule has 1 amide bonds. The molecule has 30 heavy (non-hydrogen) atoms. The summed E-state index contributed by atoms with van der Waals surface area (Å²) >= 11 is 6.33. The fourth-order valence-corrected chi connectivity index (χ4v) is 4.54. The van der Waals surface area contributed by atoms with Gasteiger partial charge in [-0.1, -0.05) is 18.5 Å². The maximum absolute atomic E-state index is 12.0. The van der Waals surface area contributed by atoms with E-state index >= 15 is 0 Å². The predicted octanol–water partition coefficient (Wildman–Crippen LogP) is 2.57. The summed E-state index contributed by atoms with van der Waals surface area (Å²) in [6.07, 6.45) is 3.21. The van der Waals surface area contributed by atoms with Gasteiger partial charge in [0.2, 0.25) is 5.91 Å². The van der Waals surface area contributed by atoms with Crippen molar-refractivity contribution in [2.45, 2.75) is 44.1 Å². The van der Waals surface area contributed by atoms with Crippen molar-refractivity contribution in [3.63, 3.8) is 0 Å². The molecule has 0 aliphatic carbocycles. The Labute approximate surface area is 184 Å². The molecule has 2 fully saturated rings. The van der Waals surface area contributed by atoms with Crippen LogP contribution in [0.25, 0.3) is 0 Å². The first-order chi connectivity index (χ1) is 14.5. The molecule has 1 unspecified atom stereocenters. The lowest BCUT2D eigenvalue weighted by molar-refractivity contribution is -0.129. The molecule has 2 aliphatic rings. The molecule has 2 saturated heterocycles. The minimum atomic E-state index is -0.161. The largest absolute Gasteiger partial charge is 0.496 e. The van der Waals surface area contributed by atoms with E-state index in [0.29, 0.717) is 37.7 Å². The normalized spacial score (nSPS) is 21.4. The van der Waals surface area contributed by atoms with Crippen LogP contribution in [0, 0.1) is 0 Å². The molecule has 2 N–H and O–H groups in total. The van der Waals surface area contributed by atoms with E-state index < -0.39 is 0 Å². The number of aliphatic imine (C=N–C) groups is 1. The summed E-state index contributed by atoms with van der Waals surface area (Å²) in [6.45, 7) is 5.50. The second kappa shape index (κ2) is 10.4. The molecule has 0 spiro atoms. The summed E-state index contributed by atoms with van der Waals surface area (Å²) in [5.74, 6) is 1.80. The van der Waals surface area contributed by atoms with Crippen molar-refractivity contribution < 1.29 is 14.3 Å². The van der Waals surface area contributed by atoms with E-state index in [-0.39, 0.29) is 17.4 Å². The minimum Gasteiger partial charge on any atom is -0.496 e. The van der Waals surface area contributed by atoms with Gasteiger partial charge in [-0.3, -0.25) is 9.79 Å². The number of halogens is 1. The van der Waals surface area contributed by atoms with Crippen LogP contribution in [0.15, 0.2) is 23.2 Å². The summed E-state index contributed by atoms with van der Waals surface area (Å²) in [5.41, 5.74) is 0.941. The van der Waals surface area contributed by atoms with Crippen LogP contribution in [0.3, 0.4) is 0 Å². The Bertz CT molecular complexity index is 765. The lowest BCUT2D eigenvalue weighted by Crippen LogP contribution is -2.50. The second-order valence-corrected chi connectivity index (χ2v) is 8.42. The summed E-state index contributed by atoms with van der Waals surface area (Å²) < 4.78 is 11.3. The number of hydrogen-bond acceptors (Lipinski definition) is 4. The number of nitrogens with one attached hydrogen (secondary N) is 2. The fourth-order valence-electron chi connectivity index (χ4n) is 4.37. The van der Waals surface area contributed by atoms with Gasteiger partial charge in [-0.15, -0.1) is 0 Å². The average Bonchev–Trinajstić information content (AvgIpc) is 3.25. The van der Waals surface area contributed by atoms with Crippen molar-refractivity contribution in [2.75, 3.05) is 47.0 Å². The smallest absolute Gasteiger partial charge is 0.222 e. The Hall–Kier alpha value is -1.99. The zero-order chi connectivity index (χ0) is 21.6. The van der Waals surface area contributed by atoms with E-state index in [9.17, 15) is 4.79 Å². The van der Waals surface area contributed by atoms with Crippen LogP contribution in [0.5, 0.6) is 5.75 Å². The highest BCUT2D eigenvalue weighted by Gasteiger charge is 2.37. The van der Waals surface area contributed by atoms with Crippen LogP contribution in [0.1, 0.15) is 38.2 Å². The molecule has 0 radical (unpaired) electrons. The zero-order valence-corrected chi connectivity index (χ0v) is 18.9. The van der Waals surface area contributed by atoms with Gasteiger partial charge >= 0.3 is 0 Å². The molecular formula is C22H33ClN4O3. The number of carbonyl (C=O) groups is 1. The van der Waals surface area contributed by atoms with Crippen LogP contribution in [0.4, 0.5) is 0 Å². The topological polar surface area (TPSA) is 75.2 Å². The number of carbonyl (C=O) groups excluding carboxylic acids is 1. The monoisotopic (exact) mass is 436 g/mol. The lowest BCUT2D eigenvalue weighted by atomic mass is 9.73. The first-order valence-electron chi connectivity index (χ1n) is 10.7. The Kier molecular flexibility index (Phi) is 7.83. The third kappa shape index (κ3) is 5.19. The Morgan fingerprint density at radius 1 is 1.40 bits per heavy atom. The van der Waals surface area contributed by atoms with Crippen molar-refractivity contribution in [1.29, 1.82) is 0 Å². The van der Waals surface area contributed by atoms with Crippen molar-refractivity contribution in [1.82, 2.24) is 15.5 Å². The molecule has 2 aliphatic heterocycles. The van der Waals surface area contributed by atoms with Gasteiger partial charge in [0, 0.05) is 68.4 Å². The van der Waals surface area contributed by atoms with Crippen molar-refractivity contribution in [2.24, 2.45) is 4.99 Å². The van der Waals surface area contributed by atoms with Gasteiger partial charge in [0.1, 0.15) is 5.75 Å². The van der Waals surface area contributed by atoms with Crippen LogP contribution < -0.4 is 15.4 Å². The number of amides is 1. The quantitative estimate of drug-likeness (QED) is 0.529. The molecule has 8 heteroatoms. The molecule has 166 valence electrons. The maximum Gasteiger partial charge on any atom is 0.222 e. The molecule has 1 atom stereocenters. The highest BCUT2D eigenvalue weighted by atomic mass is 35.5. The Morgan fingerprint density at radius 2 is 2.17 bits per heavy atom. The molecule has 1 aromatic carbocycles. The number of hydrogen-bond donors (Lipinski definition) is 2. The first kappa shape index (κ1) is 22.7. The van der Waals surface area contributed by atoms with Crippen molar-refractivity contribution in [3.05, 3.63) is 28.8 Å².